The van der Waals surface area contributed by atoms with Crippen LogP contribution < -0.4 is 0 Å². The Bertz CT molecular complexity index is 626. The summed E-state index contributed by atoms with van der Waals surface area (Å²) in [5, 5.41) is 0. The van der Waals surface area contributed by atoms with Gasteiger partial charge in [-0.05, 0) is 24.3 Å². The minimum Gasteiger partial charge on any atom is -0.349 e. The van der Waals surface area contributed by atoms with Crippen LogP contribution in [0.25, 0.3) is 22.3 Å². The zero-order valence-electron chi connectivity index (χ0n) is 8.96. The zero-order chi connectivity index (χ0) is 11.0. The van der Waals surface area contributed by atoms with Crippen LogP contribution in [0.2, 0.25) is 0 Å². The molecular weight excluding hydrogens is 198 g/mol. The van der Waals surface area contributed by atoms with E-state index >= 15 is 0 Å². The molecule has 16 heavy (non-hydrogen) atoms. The number of pyridine rings is 2. The first-order chi connectivity index (χ1) is 7.84. The summed E-state index contributed by atoms with van der Waals surface area (Å²) in [6, 6.07) is 10.0. The van der Waals surface area contributed by atoms with E-state index in [9.17, 15) is 0 Å². The molecule has 0 saturated carbocycles. The summed E-state index contributed by atoms with van der Waals surface area (Å²) in [5.74, 6) is 0. The normalized spacial score (nSPS) is 10.8. The number of nitrogens with zero attached hydrogens (tertiary/aromatic N) is 3. The second-order valence-corrected chi connectivity index (χ2v) is 3.77. The molecule has 78 valence electrons. The average molecular weight is 209 g/mol. The molecule has 0 N–H and O–H groups in total. The van der Waals surface area contributed by atoms with Crippen LogP contribution in [-0.4, -0.2) is 14.5 Å². The highest BCUT2D eigenvalue weighted by Gasteiger charge is 2.03. The van der Waals surface area contributed by atoms with Crippen molar-refractivity contribution in [1.29, 1.82) is 0 Å². The fourth-order valence-corrected chi connectivity index (χ4v) is 1.81. The number of fused-ring (bicyclic) bond motifs is 1. The molecule has 0 unspecified atom stereocenters. The van der Waals surface area contributed by atoms with Crippen LogP contribution in [0.15, 0.2) is 48.9 Å². The van der Waals surface area contributed by atoms with E-state index in [2.05, 4.69) is 20.6 Å². The first kappa shape index (κ1) is 9.09. The van der Waals surface area contributed by atoms with Crippen molar-refractivity contribution in [2.24, 2.45) is 7.05 Å². The van der Waals surface area contributed by atoms with Crippen LogP contribution >= 0.6 is 0 Å². The van der Waals surface area contributed by atoms with Gasteiger partial charge < -0.3 is 4.57 Å². The second-order valence-electron chi connectivity index (χ2n) is 3.77. The highest BCUT2D eigenvalue weighted by molar-refractivity contribution is 5.80. The lowest BCUT2D eigenvalue weighted by atomic mass is 10.2. The van der Waals surface area contributed by atoms with Gasteiger partial charge in [-0.1, -0.05) is 6.07 Å². The molecule has 0 fully saturated rings. The summed E-state index contributed by atoms with van der Waals surface area (Å²) in [7, 11) is 2.02. The van der Waals surface area contributed by atoms with E-state index in [0.29, 0.717) is 0 Å². The molecule has 0 bridgehead atoms. The van der Waals surface area contributed by atoms with Gasteiger partial charge in [0.05, 0.1) is 16.7 Å². The van der Waals surface area contributed by atoms with Crippen molar-refractivity contribution < 1.29 is 0 Å². The highest BCUT2D eigenvalue weighted by Crippen LogP contribution is 2.20. The molecule has 3 aromatic rings. The van der Waals surface area contributed by atoms with Crippen LogP contribution in [0.4, 0.5) is 0 Å². The van der Waals surface area contributed by atoms with Crippen molar-refractivity contribution in [3.8, 4) is 11.3 Å². The lowest BCUT2D eigenvalue weighted by Crippen LogP contribution is -1.88. The monoisotopic (exact) mass is 209 g/mol. The van der Waals surface area contributed by atoms with Crippen molar-refractivity contribution in [2.45, 2.75) is 0 Å². The minimum atomic E-state index is 0.957. The van der Waals surface area contributed by atoms with E-state index in [1.54, 1.807) is 6.20 Å². The Labute approximate surface area is 93.4 Å². The summed E-state index contributed by atoms with van der Waals surface area (Å²) < 4.78 is 2.06. The fraction of sp³-hybridized carbons (Fsp3) is 0.0769. The predicted molar refractivity (Wildman–Crippen MR) is 63.9 cm³/mol. The SMILES string of the molecule is Cn1ccc2ncc(-c3ccccn3)cc21. The largest absolute Gasteiger partial charge is 0.349 e. The molecule has 0 atom stereocenters. The Balaban J connectivity index is 2.22. The first-order valence-corrected chi connectivity index (χ1v) is 5.17. The molecule has 0 radical (unpaired) electrons. The van der Waals surface area contributed by atoms with Crippen LogP contribution in [-0.2, 0) is 7.05 Å². The third kappa shape index (κ3) is 1.37. The summed E-state index contributed by atoms with van der Waals surface area (Å²) in [6.07, 6.45) is 5.68. The van der Waals surface area contributed by atoms with Gasteiger partial charge in [0.25, 0.3) is 0 Å². The number of aryl methyl sites for hydroxylation is 1. The maximum atomic E-state index is 4.42. The molecule has 3 heteroatoms. The van der Waals surface area contributed by atoms with E-state index in [4.69, 9.17) is 0 Å². The van der Waals surface area contributed by atoms with Gasteiger partial charge in [-0.2, -0.15) is 0 Å². The van der Waals surface area contributed by atoms with Crippen LogP contribution in [0.3, 0.4) is 0 Å². The minimum absolute atomic E-state index is 0.957. The molecule has 3 aromatic heterocycles. The van der Waals surface area contributed by atoms with Gasteiger partial charge >= 0.3 is 0 Å². The molecule has 0 spiro atoms. The molecule has 3 nitrogen and oxygen atoms in total. The predicted octanol–water partition coefficient (Wildman–Crippen LogP) is 2.64. The molecule has 0 aliphatic heterocycles. The number of rotatable bonds is 1. The van der Waals surface area contributed by atoms with E-state index in [1.165, 1.54) is 0 Å². The third-order valence-corrected chi connectivity index (χ3v) is 2.69. The standard InChI is InChI=1S/C13H11N3/c1-16-7-5-12-13(16)8-10(9-15-12)11-4-2-3-6-14-11/h2-9H,1H3. The van der Waals surface area contributed by atoms with Gasteiger partial charge in [-0.25, -0.2) is 0 Å². The number of hydrogen-bond donors (Lipinski definition) is 0. The smallest absolute Gasteiger partial charge is 0.0881 e. The Hall–Kier alpha value is -2.16. The Morgan fingerprint density at radius 2 is 2.06 bits per heavy atom. The second kappa shape index (κ2) is 3.45. The molecule has 0 amide bonds. The van der Waals surface area contributed by atoms with Gasteiger partial charge in [0.1, 0.15) is 0 Å². The van der Waals surface area contributed by atoms with Crippen LogP contribution in [0.5, 0.6) is 0 Å². The van der Waals surface area contributed by atoms with Crippen LogP contribution in [0, 0.1) is 0 Å². The fourth-order valence-electron chi connectivity index (χ4n) is 1.81. The summed E-state index contributed by atoms with van der Waals surface area (Å²) in [5.41, 5.74) is 4.15. The lowest BCUT2D eigenvalue weighted by molar-refractivity contribution is 0.968. The van der Waals surface area contributed by atoms with Crippen molar-refractivity contribution in [1.82, 2.24) is 14.5 Å². The number of aromatic nitrogens is 3. The van der Waals surface area contributed by atoms with Crippen molar-refractivity contribution in [3.63, 3.8) is 0 Å². The number of hydrogen-bond acceptors (Lipinski definition) is 2. The molecule has 3 rings (SSSR count). The molecule has 3 heterocycles. The summed E-state index contributed by atoms with van der Waals surface area (Å²) >= 11 is 0. The molecular formula is C13H11N3. The van der Waals surface area contributed by atoms with Gasteiger partial charge in [0.15, 0.2) is 0 Å². The zero-order valence-corrected chi connectivity index (χ0v) is 8.96. The van der Waals surface area contributed by atoms with Gasteiger partial charge in [-0.15, -0.1) is 0 Å². The van der Waals surface area contributed by atoms with Gasteiger partial charge in [0, 0.05) is 31.2 Å². The van der Waals surface area contributed by atoms with E-state index < -0.39 is 0 Å². The maximum absolute atomic E-state index is 4.42. The topological polar surface area (TPSA) is 30.7 Å². The van der Waals surface area contributed by atoms with Gasteiger partial charge in [-0.3, -0.25) is 9.97 Å². The summed E-state index contributed by atoms with van der Waals surface area (Å²) in [4.78, 5) is 8.74. The molecule has 0 aliphatic rings. The van der Waals surface area contributed by atoms with Crippen molar-refractivity contribution in [2.75, 3.05) is 0 Å². The first-order valence-electron chi connectivity index (χ1n) is 5.17. The summed E-state index contributed by atoms with van der Waals surface area (Å²) in [6.45, 7) is 0. The van der Waals surface area contributed by atoms with E-state index in [-0.39, 0.29) is 0 Å². The van der Waals surface area contributed by atoms with Crippen LogP contribution in [0.1, 0.15) is 0 Å². The Morgan fingerprint density at radius 3 is 2.88 bits per heavy atom. The molecule has 0 aliphatic carbocycles. The van der Waals surface area contributed by atoms with Gasteiger partial charge in [0.2, 0.25) is 0 Å². The highest BCUT2D eigenvalue weighted by atomic mass is 14.9. The maximum Gasteiger partial charge on any atom is 0.0881 e. The Morgan fingerprint density at radius 1 is 1.12 bits per heavy atom. The van der Waals surface area contributed by atoms with Crippen molar-refractivity contribution >= 4 is 11.0 Å². The van der Waals surface area contributed by atoms with Crippen molar-refractivity contribution in [3.05, 3.63) is 48.9 Å². The lowest BCUT2D eigenvalue weighted by Gasteiger charge is -2.01. The van der Waals surface area contributed by atoms with E-state index in [0.717, 1.165) is 22.3 Å². The average Bonchev–Trinajstić information content (AvgIpc) is 2.72. The quantitative estimate of drug-likeness (QED) is 0.616. The molecule has 0 aromatic carbocycles. The molecule has 0 saturated heterocycles. The third-order valence-electron chi connectivity index (χ3n) is 2.69. The Kier molecular flexibility index (Phi) is 1.96. The van der Waals surface area contributed by atoms with E-state index in [1.807, 2.05) is 43.7 Å².